The highest BCUT2D eigenvalue weighted by molar-refractivity contribution is 5.98. The Bertz CT molecular complexity index is 714. The highest BCUT2D eigenvalue weighted by atomic mass is 16.6. The molecular formula is C18H21NO5. The summed E-state index contributed by atoms with van der Waals surface area (Å²) in [5.74, 6) is 0.460. The van der Waals surface area contributed by atoms with Crippen molar-refractivity contribution in [2.75, 3.05) is 12.4 Å². The number of carbonyl (C=O) groups is 2. The summed E-state index contributed by atoms with van der Waals surface area (Å²) in [7, 11) is 1.53. The lowest BCUT2D eigenvalue weighted by atomic mass is 10.0. The number of rotatable bonds is 5. The van der Waals surface area contributed by atoms with Gasteiger partial charge in [-0.2, -0.15) is 0 Å². The second-order valence-corrected chi connectivity index (χ2v) is 6.26. The van der Waals surface area contributed by atoms with E-state index in [1.807, 2.05) is 0 Å². The van der Waals surface area contributed by atoms with Crippen LogP contribution in [0.15, 0.2) is 41.2 Å². The second kappa shape index (κ2) is 7.21. The van der Waals surface area contributed by atoms with Crippen LogP contribution in [0.2, 0.25) is 0 Å². The molecule has 0 aliphatic carbocycles. The van der Waals surface area contributed by atoms with Crippen LogP contribution in [0.1, 0.15) is 36.7 Å². The molecule has 2 rings (SSSR count). The lowest BCUT2D eigenvalue weighted by molar-refractivity contribution is 0.0635. The van der Waals surface area contributed by atoms with Crippen LogP contribution < -0.4 is 10.1 Å². The number of carbonyl (C=O) groups excluding carboxylic acids is 2. The molecule has 0 fully saturated rings. The Labute approximate surface area is 140 Å². The van der Waals surface area contributed by atoms with Crippen LogP contribution in [0.25, 0.3) is 0 Å². The number of anilines is 1. The Morgan fingerprint density at radius 3 is 2.54 bits per heavy atom. The van der Waals surface area contributed by atoms with Crippen molar-refractivity contribution in [2.24, 2.45) is 0 Å². The third-order valence-corrected chi connectivity index (χ3v) is 3.15. The molecule has 0 aliphatic heterocycles. The standard InChI is InChI=1S/C18H21NO5/c1-18(2,3)24-17(21)19-15-10-14(22-4)6-5-12(15)9-16(20)13-7-8-23-11-13/h5-8,10-11H,9H2,1-4H3,(H,19,21). The average Bonchev–Trinajstić information content (AvgIpc) is 3.01. The fraction of sp³-hybridized carbons (Fsp3) is 0.333. The van der Waals surface area contributed by atoms with Gasteiger partial charge < -0.3 is 13.9 Å². The largest absolute Gasteiger partial charge is 0.497 e. The second-order valence-electron chi connectivity index (χ2n) is 6.26. The summed E-state index contributed by atoms with van der Waals surface area (Å²) in [5, 5.41) is 2.68. The van der Waals surface area contributed by atoms with E-state index < -0.39 is 11.7 Å². The molecule has 0 spiro atoms. The van der Waals surface area contributed by atoms with Gasteiger partial charge >= 0.3 is 6.09 Å². The summed E-state index contributed by atoms with van der Waals surface area (Å²) < 4.78 is 15.4. The van der Waals surface area contributed by atoms with Crippen molar-refractivity contribution in [3.63, 3.8) is 0 Å². The van der Waals surface area contributed by atoms with Gasteiger partial charge in [0.1, 0.15) is 17.6 Å². The van der Waals surface area contributed by atoms with Crippen molar-refractivity contribution in [1.82, 2.24) is 0 Å². The first-order valence-electron chi connectivity index (χ1n) is 7.51. The van der Waals surface area contributed by atoms with E-state index in [0.717, 1.165) is 0 Å². The number of amides is 1. The highest BCUT2D eigenvalue weighted by Crippen LogP contribution is 2.25. The van der Waals surface area contributed by atoms with Gasteiger partial charge in [-0.15, -0.1) is 0 Å². The van der Waals surface area contributed by atoms with Crippen LogP contribution >= 0.6 is 0 Å². The molecule has 1 aromatic heterocycles. The van der Waals surface area contributed by atoms with Crippen molar-refractivity contribution in [1.29, 1.82) is 0 Å². The van der Waals surface area contributed by atoms with Crippen LogP contribution in [-0.4, -0.2) is 24.6 Å². The van der Waals surface area contributed by atoms with Gasteiger partial charge in [-0.05, 0) is 38.5 Å². The maximum Gasteiger partial charge on any atom is 0.412 e. The molecule has 128 valence electrons. The molecule has 2 aromatic rings. The quantitative estimate of drug-likeness (QED) is 0.836. The number of nitrogens with one attached hydrogen (secondary N) is 1. The maximum absolute atomic E-state index is 12.3. The Balaban J connectivity index is 2.21. The molecule has 6 nitrogen and oxygen atoms in total. The Kier molecular flexibility index (Phi) is 5.28. The van der Waals surface area contributed by atoms with Crippen molar-refractivity contribution >= 4 is 17.6 Å². The van der Waals surface area contributed by atoms with Crippen molar-refractivity contribution in [2.45, 2.75) is 32.8 Å². The van der Waals surface area contributed by atoms with Crippen LogP contribution in [0.4, 0.5) is 10.5 Å². The minimum absolute atomic E-state index is 0.110. The van der Waals surface area contributed by atoms with E-state index in [4.69, 9.17) is 13.9 Å². The van der Waals surface area contributed by atoms with Gasteiger partial charge in [-0.3, -0.25) is 10.1 Å². The third-order valence-electron chi connectivity index (χ3n) is 3.15. The van der Waals surface area contributed by atoms with Crippen LogP contribution in [-0.2, 0) is 11.2 Å². The van der Waals surface area contributed by atoms with Crippen LogP contribution in [0.3, 0.4) is 0 Å². The summed E-state index contributed by atoms with van der Waals surface area (Å²) in [6, 6.07) is 6.73. The summed E-state index contributed by atoms with van der Waals surface area (Å²) >= 11 is 0. The summed E-state index contributed by atoms with van der Waals surface area (Å²) in [5.41, 5.74) is 0.998. The molecule has 1 heterocycles. The fourth-order valence-electron chi connectivity index (χ4n) is 2.06. The first-order valence-corrected chi connectivity index (χ1v) is 7.51. The number of ether oxygens (including phenoxy) is 2. The Hall–Kier alpha value is -2.76. The zero-order chi connectivity index (χ0) is 17.7. The predicted molar refractivity (Wildman–Crippen MR) is 89.6 cm³/mol. The molecule has 0 radical (unpaired) electrons. The monoisotopic (exact) mass is 331 g/mol. The van der Waals surface area contributed by atoms with Gasteiger partial charge in [-0.1, -0.05) is 6.07 Å². The molecule has 0 saturated heterocycles. The number of furan rings is 1. The van der Waals surface area contributed by atoms with Crippen molar-refractivity contribution in [3.05, 3.63) is 47.9 Å². The molecule has 0 bridgehead atoms. The number of ketones is 1. The lowest BCUT2D eigenvalue weighted by Crippen LogP contribution is -2.27. The zero-order valence-corrected chi connectivity index (χ0v) is 14.2. The van der Waals surface area contributed by atoms with E-state index in [2.05, 4.69) is 5.32 Å². The van der Waals surface area contributed by atoms with Gasteiger partial charge in [-0.25, -0.2) is 4.79 Å². The first kappa shape index (κ1) is 17.6. The lowest BCUT2D eigenvalue weighted by Gasteiger charge is -2.20. The number of hydrogen-bond donors (Lipinski definition) is 1. The molecule has 0 aliphatic rings. The smallest absolute Gasteiger partial charge is 0.412 e. The molecule has 1 amide bonds. The van der Waals surface area contributed by atoms with Crippen LogP contribution in [0.5, 0.6) is 5.75 Å². The van der Waals surface area contributed by atoms with Gasteiger partial charge in [0.2, 0.25) is 0 Å². The normalized spacial score (nSPS) is 11.0. The Morgan fingerprint density at radius 2 is 1.96 bits per heavy atom. The number of methoxy groups -OCH3 is 1. The molecule has 6 heteroatoms. The number of Topliss-reactive ketones (excluding diaryl/α,β-unsaturated/α-hetero) is 1. The highest BCUT2D eigenvalue weighted by Gasteiger charge is 2.19. The van der Waals surface area contributed by atoms with Crippen LogP contribution in [0, 0.1) is 0 Å². The van der Waals surface area contributed by atoms with Gasteiger partial charge in [0, 0.05) is 12.5 Å². The molecule has 1 aromatic carbocycles. The summed E-state index contributed by atoms with van der Waals surface area (Å²) in [6.45, 7) is 5.34. The number of hydrogen-bond acceptors (Lipinski definition) is 5. The minimum Gasteiger partial charge on any atom is -0.497 e. The average molecular weight is 331 g/mol. The van der Waals surface area contributed by atoms with E-state index in [0.29, 0.717) is 22.6 Å². The van der Waals surface area contributed by atoms with E-state index in [1.54, 1.807) is 45.0 Å². The topological polar surface area (TPSA) is 77.8 Å². The van der Waals surface area contributed by atoms with E-state index >= 15 is 0 Å². The van der Waals surface area contributed by atoms with Gasteiger partial charge in [0.05, 0.1) is 24.6 Å². The maximum atomic E-state index is 12.3. The first-order chi connectivity index (χ1) is 11.3. The van der Waals surface area contributed by atoms with Gasteiger partial charge in [0.15, 0.2) is 5.78 Å². The summed E-state index contributed by atoms with van der Waals surface area (Å²) in [4.78, 5) is 24.3. The minimum atomic E-state index is -0.615. The SMILES string of the molecule is COc1ccc(CC(=O)c2ccoc2)c(NC(=O)OC(C)(C)C)c1. The third kappa shape index (κ3) is 4.87. The Morgan fingerprint density at radius 1 is 1.21 bits per heavy atom. The number of benzene rings is 1. The summed E-state index contributed by atoms with van der Waals surface area (Å²) in [6.07, 6.45) is 2.37. The van der Waals surface area contributed by atoms with Crippen molar-refractivity contribution < 1.29 is 23.5 Å². The molecular weight excluding hydrogens is 310 g/mol. The zero-order valence-electron chi connectivity index (χ0n) is 14.2. The fourth-order valence-corrected chi connectivity index (χ4v) is 2.06. The van der Waals surface area contributed by atoms with E-state index in [9.17, 15) is 9.59 Å². The predicted octanol–water partition coefficient (Wildman–Crippen LogP) is 4.06. The van der Waals surface area contributed by atoms with Crippen molar-refractivity contribution in [3.8, 4) is 5.75 Å². The molecule has 0 atom stereocenters. The van der Waals surface area contributed by atoms with Gasteiger partial charge in [0.25, 0.3) is 0 Å². The molecule has 24 heavy (non-hydrogen) atoms. The van der Waals surface area contributed by atoms with E-state index in [-0.39, 0.29) is 12.2 Å². The molecule has 0 saturated carbocycles. The molecule has 1 N–H and O–H groups in total. The molecule has 0 unspecified atom stereocenters. The van der Waals surface area contributed by atoms with E-state index in [1.165, 1.54) is 19.6 Å².